The number of carbonyl (C=O) groups is 2. The molecule has 132 valence electrons. The molecule has 1 fully saturated rings. The Balaban J connectivity index is 0.000000676. The van der Waals surface area contributed by atoms with Gasteiger partial charge >= 0.3 is 11.9 Å². The highest BCUT2D eigenvalue weighted by atomic mass is 16.6. The maximum absolute atomic E-state index is 11.7. The molecule has 1 aliphatic carbocycles. The number of benzene rings is 2. The lowest BCUT2D eigenvalue weighted by atomic mass is 10.2. The number of nitrogen functional groups attached to an aromatic ring is 2. The summed E-state index contributed by atoms with van der Waals surface area (Å²) in [5, 5.41) is 0. The van der Waals surface area contributed by atoms with Gasteiger partial charge in [-0.2, -0.15) is 0 Å². The molecule has 25 heavy (non-hydrogen) atoms. The van der Waals surface area contributed by atoms with E-state index in [4.69, 9.17) is 20.9 Å². The van der Waals surface area contributed by atoms with Crippen molar-refractivity contribution in [3.63, 3.8) is 0 Å². The van der Waals surface area contributed by atoms with E-state index in [1.54, 1.807) is 48.5 Å². The van der Waals surface area contributed by atoms with Crippen molar-refractivity contribution in [3.05, 3.63) is 59.7 Å². The van der Waals surface area contributed by atoms with E-state index >= 15 is 0 Å². The summed E-state index contributed by atoms with van der Waals surface area (Å²) in [7, 11) is 0. The molecule has 2 aromatic rings. The highest BCUT2D eigenvalue weighted by Gasteiger charge is 2.09. The minimum absolute atomic E-state index is 0.0239. The van der Waals surface area contributed by atoms with Crippen LogP contribution in [0.2, 0.25) is 0 Å². The summed E-state index contributed by atoms with van der Waals surface area (Å²) < 4.78 is 9.99. The molecular weight excluding hydrogens is 320 g/mol. The Morgan fingerprint density at radius 2 is 1.00 bits per heavy atom. The van der Waals surface area contributed by atoms with Crippen LogP contribution < -0.4 is 11.5 Å². The third-order valence-electron chi connectivity index (χ3n) is 3.20. The second-order valence-electron chi connectivity index (χ2n) is 5.58. The van der Waals surface area contributed by atoms with Crippen LogP contribution in [0.3, 0.4) is 0 Å². The van der Waals surface area contributed by atoms with Gasteiger partial charge in [0.25, 0.3) is 0 Å². The third kappa shape index (κ3) is 6.95. The van der Waals surface area contributed by atoms with E-state index in [-0.39, 0.29) is 13.2 Å². The van der Waals surface area contributed by atoms with Crippen LogP contribution in [0.1, 0.15) is 40.0 Å². The number of hydrogen-bond donors (Lipinski definition) is 2. The summed E-state index contributed by atoms with van der Waals surface area (Å²) in [4.78, 5) is 23.4. The third-order valence-corrected chi connectivity index (χ3v) is 3.20. The smallest absolute Gasteiger partial charge is 0.338 e. The Kier molecular flexibility index (Phi) is 6.83. The molecule has 6 heteroatoms. The molecule has 0 heterocycles. The summed E-state index contributed by atoms with van der Waals surface area (Å²) in [5.74, 6) is -0.993. The molecule has 0 amide bonds. The zero-order valence-corrected chi connectivity index (χ0v) is 13.9. The first-order valence-corrected chi connectivity index (χ1v) is 8.11. The molecule has 0 bridgehead atoms. The Labute approximate surface area is 146 Å². The fourth-order valence-corrected chi connectivity index (χ4v) is 1.67. The van der Waals surface area contributed by atoms with Crippen LogP contribution in [-0.2, 0) is 9.47 Å². The first-order valence-electron chi connectivity index (χ1n) is 8.11. The van der Waals surface area contributed by atoms with Gasteiger partial charge in [-0.15, -0.1) is 0 Å². The van der Waals surface area contributed by atoms with Crippen LogP contribution in [0.25, 0.3) is 0 Å². The van der Waals surface area contributed by atoms with Crippen molar-refractivity contribution >= 4 is 23.3 Å². The number of esters is 2. The van der Waals surface area contributed by atoms with E-state index in [0.29, 0.717) is 22.5 Å². The Morgan fingerprint density at radius 1 is 0.680 bits per heavy atom. The van der Waals surface area contributed by atoms with Crippen LogP contribution in [0.4, 0.5) is 11.4 Å². The molecule has 1 saturated carbocycles. The van der Waals surface area contributed by atoms with Gasteiger partial charge < -0.3 is 20.9 Å². The second kappa shape index (κ2) is 9.32. The molecule has 0 unspecified atom stereocenters. The first kappa shape index (κ1) is 18.3. The topological polar surface area (TPSA) is 105 Å². The standard InChI is InChI=1S/C16H16N2O4.C3H6/c17-13-5-1-11(2-6-13)15(19)21-9-10-22-16(20)12-3-7-14(18)8-4-12;1-2-3-1/h1-8H,9-10,17-18H2;1-3H2. The molecule has 2 aromatic carbocycles. The van der Waals surface area contributed by atoms with Gasteiger partial charge in [-0.1, -0.05) is 19.3 Å². The SMILES string of the molecule is C1CC1.Nc1ccc(C(=O)OCCOC(=O)c2ccc(N)cc2)cc1. The molecule has 6 nitrogen and oxygen atoms in total. The van der Waals surface area contributed by atoms with Gasteiger partial charge in [0.2, 0.25) is 0 Å². The summed E-state index contributed by atoms with van der Waals surface area (Å²) >= 11 is 0. The molecule has 1 aliphatic rings. The highest BCUT2D eigenvalue weighted by molar-refractivity contribution is 5.90. The van der Waals surface area contributed by atoms with Crippen molar-refractivity contribution in [2.24, 2.45) is 0 Å². The Hall–Kier alpha value is -3.02. The molecule has 4 N–H and O–H groups in total. The number of rotatable bonds is 5. The van der Waals surface area contributed by atoms with Crippen LogP contribution >= 0.6 is 0 Å². The van der Waals surface area contributed by atoms with E-state index in [1.165, 1.54) is 19.3 Å². The maximum atomic E-state index is 11.7. The van der Waals surface area contributed by atoms with Crippen molar-refractivity contribution < 1.29 is 19.1 Å². The van der Waals surface area contributed by atoms with E-state index < -0.39 is 11.9 Å². The number of hydrogen-bond acceptors (Lipinski definition) is 6. The van der Waals surface area contributed by atoms with Gasteiger partial charge in [-0.3, -0.25) is 0 Å². The number of anilines is 2. The lowest BCUT2D eigenvalue weighted by Crippen LogP contribution is -2.14. The van der Waals surface area contributed by atoms with Crippen molar-refractivity contribution in [3.8, 4) is 0 Å². The first-order chi connectivity index (χ1) is 12.1. The van der Waals surface area contributed by atoms with Gasteiger partial charge in [-0.05, 0) is 48.5 Å². The molecule has 0 atom stereocenters. The molecule has 0 spiro atoms. The number of ether oxygens (including phenoxy) is 2. The normalized spacial score (nSPS) is 11.7. The van der Waals surface area contributed by atoms with Gasteiger partial charge in [-0.25, -0.2) is 9.59 Å². The van der Waals surface area contributed by atoms with Gasteiger partial charge in [0.15, 0.2) is 0 Å². The summed E-state index contributed by atoms with van der Waals surface area (Å²) in [5.41, 5.74) is 13.0. The minimum Gasteiger partial charge on any atom is -0.458 e. The molecule has 0 saturated heterocycles. The maximum Gasteiger partial charge on any atom is 0.338 e. The zero-order chi connectivity index (χ0) is 18.1. The molecule has 3 rings (SSSR count). The van der Waals surface area contributed by atoms with Crippen molar-refractivity contribution in [1.82, 2.24) is 0 Å². The Bertz CT molecular complexity index is 632. The lowest BCUT2D eigenvalue weighted by Gasteiger charge is -2.07. The van der Waals surface area contributed by atoms with E-state index in [0.717, 1.165) is 0 Å². The van der Waals surface area contributed by atoms with Crippen LogP contribution in [0.15, 0.2) is 48.5 Å². The number of carbonyl (C=O) groups excluding carboxylic acids is 2. The predicted molar refractivity (Wildman–Crippen MR) is 96.1 cm³/mol. The highest BCUT2D eigenvalue weighted by Crippen LogP contribution is 2.15. The monoisotopic (exact) mass is 342 g/mol. The van der Waals surface area contributed by atoms with Crippen molar-refractivity contribution in [1.29, 1.82) is 0 Å². The van der Waals surface area contributed by atoms with Crippen LogP contribution in [0, 0.1) is 0 Å². The average Bonchev–Trinajstić information content (AvgIpc) is 3.48. The van der Waals surface area contributed by atoms with Gasteiger partial charge in [0.05, 0.1) is 11.1 Å². The quantitative estimate of drug-likeness (QED) is 0.491. The molecule has 0 aromatic heterocycles. The molecular formula is C19H22N2O4. The summed E-state index contributed by atoms with van der Waals surface area (Å²) in [6.07, 6.45) is 4.50. The Morgan fingerprint density at radius 3 is 1.28 bits per heavy atom. The fraction of sp³-hybridized carbons (Fsp3) is 0.263. The summed E-state index contributed by atoms with van der Waals surface area (Å²) in [6.45, 7) is -0.0478. The van der Waals surface area contributed by atoms with E-state index in [1.807, 2.05) is 0 Å². The molecule has 0 aliphatic heterocycles. The van der Waals surface area contributed by atoms with E-state index in [9.17, 15) is 9.59 Å². The van der Waals surface area contributed by atoms with Gasteiger partial charge in [0, 0.05) is 11.4 Å². The van der Waals surface area contributed by atoms with Gasteiger partial charge in [0.1, 0.15) is 13.2 Å². The summed E-state index contributed by atoms with van der Waals surface area (Å²) in [6, 6.07) is 12.7. The fourth-order valence-electron chi connectivity index (χ4n) is 1.67. The molecule has 0 radical (unpaired) electrons. The van der Waals surface area contributed by atoms with Crippen molar-refractivity contribution in [2.45, 2.75) is 19.3 Å². The largest absolute Gasteiger partial charge is 0.458 e. The van der Waals surface area contributed by atoms with Crippen LogP contribution in [0.5, 0.6) is 0 Å². The predicted octanol–water partition coefficient (Wildman–Crippen LogP) is 3.04. The van der Waals surface area contributed by atoms with E-state index in [2.05, 4.69) is 0 Å². The average molecular weight is 342 g/mol. The minimum atomic E-state index is -0.497. The van der Waals surface area contributed by atoms with Crippen molar-refractivity contribution in [2.75, 3.05) is 24.7 Å². The van der Waals surface area contributed by atoms with Crippen LogP contribution in [-0.4, -0.2) is 25.2 Å². The second-order valence-corrected chi connectivity index (χ2v) is 5.58. The zero-order valence-electron chi connectivity index (χ0n) is 13.9. The number of nitrogens with two attached hydrogens (primary N) is 2. The lowest BCUT2D eigenvalue weighted by molar-refractivity contribution is 0.0265.